The first-order valence-corrected chi connectivity index (χ1v) is 22.1. The van der Waals surface area contributed by atoms with Crippen LogP contribution in [0.3, 0.4) is 0 Å². The van der Waals surface area contributed by atoms with Crippen molar-refractivity contribution < 1.29 is 23.2 Å². The number of H-pyrrole nitrogens is 1. The number of nitrogens with one attached hydrogen (secondary N) is 2. The van der Waals surface area contributed by atoms with E-state index in [0.717, 1.165) is 91.4 Å². The van der Waals surface area contributed by atoms with Gasteiger partial charge in [0.05, 0.1) is 41.9 Å². The van der Waals surface area contributed by atoms with E-state index in [4.69, 9.17) is 4.98 Å². The number of nitrogens with zero attached hydrogens (tertiary/aromatic N) is 7. The van der Waals surface area contributed by atoms with Crippen LogP contribution in [0.2, 0.25) is 0 Å². The second-order valence-electron chi connectivity index (χ2n) is 18.8. The van der Waals surface area contributed by atoms with Gasteiger partial charge in [-0.3, -0.25) is 39.6 Å². The maximum atomic E-state index is 13.9. The van der Waals surface area contributed by atoms with Crippen molar-refractivity contribution in [1.29, 1.82) is 0 Å². The Hall–Kier alpha value is -4.95. The van der Waals surface area contributed by atoms with Crippen molar-refractivity contribution in [3.8, 4) is 0 Å². The lowest BCUT2D eigenvalue weighted by Gasteiger charge is -2.54. The third kappa shape index (κ3) is 6.38. The highest BCUT2D eigenvalue weighted by Gasteiger charge is 2.47. The van der Waals surface area contributed by atoms with Gasteiger partial charge in [-0.2, -0.15) is 5.10 Å². The molecule has 3 amide bonds. The van der Waals surface area contributed by atoms with Gasteiger partial charge >= 0.3 is 0 Å². The third-order valence-electron chi connectivity index (χ3n) is 15.4. The number of aromatic nitrogens is 3. The lowest BCUT2D eigenvalue weighted by Crippen LogP contribution is -2.57. The lowest BCUT2D eigenvalue weighted by molar-refractivity contribution is -0.136. The van der Waals surface area contributed by atoms with E-state index in [2.05, 4.69) is 54.5 Å². The van der Waals surface area contributed by atoms with Gasteiger partial charge in [-0.05, 0) is 122 Å². The van der Waals surface area contributed by atoms with Crippen LogP contribution in [-0.4, -0.2) is 118 Å². The van der Waals surface area contributed by atoms with Crippen LogP contribution in [0.4, 0.5) is 20.2 Å². The third-order valence-corrected chi connectivity index (χ3v) is 15.4. The molecule has 1 saturated carbocycles. The van der Waals surface area contributed by atoms with Crippen molar-refractivity contribution in [2.45, 2.75) is 102 Å². The zero-order valence-corrected chi connectivity index (χ0v) is 34.2. The summed E-state index contributed by atoms with van der Waals surface area (Å²) in [4.78, 5) is 54.1. The van der Waals surface area contributed by atoms with Crippen LogP contribution in [0.1, 0.15) is 96.2 Å². The van der Waals surface area contributed by atoms with Crippen molar-refractivity contribution in [2.24, 2.45) is 11.3 Å². The van der Waals surface area contributed by atoms with Crippen LogP contribution in [0.5, 0.6) is 0 Å². The van der Waals surface area contributed by atoms with E-state index >= 15 is 0 Å². The van der Waals surface area contributed by atoms with Gasteiger partial charge in [-0.1, -0.05) is 6.07 Å². The topological polar surface area (TPSA) is 121 Å². The number of anilines is 2. The molecule has 3 saturated heterocycles. The van der Waals surface area contributed by atoms with Crippen molar-refractivity contribution in [1.82, 2.24) is 35.2 Å². The lowest BCUT2D eigenvalue weighted by atomic mass is 9.57. The fourth-order valence-corrected chi connectivity index (χ4v) is 12.4. The summed E-state index contributed by atoms with van der Waals surface area (Å²) in [5.74, 6) is 0.00459. The first-order valence-electron chi connectivity index (χ1n) is 22.1. The molecule has 1 spiro atoms. The van der Waals surface area contributed by atoms with E-state index in [1.807, 2.05) is 36.4 Å². The van der Waals surface area contributed by atoms with Gasteiger partial charge in [0.25, 0.3) is 12.3 Å². The summed E-state index contributed by atoms with van der Waals surface area (Å²) in [5.41, 5.74) is 9.80. The van der Waals surface area contributed by atoms with Crippen molar-refractivity contribution in [3.63, 3.8) is 0 Å². The van der Waals surface area contributed by atoms with Crippen molar-refractivity contribution in [3.05, 3.63) is 82.3 Å². The number of benzene rings is 2. The predicted octanol–water partition coefficient (Wildman–Crippen LogP) is 5.45. The largest absolute Gasteiger partial charge is 0.370 e. The fraction of sp³-hybridized carbons (Fsp3) is 0.543. The molecule has 12 nitrogen and oxygen atoms in total. The number of piperazine rings is 1. The summed E-state index contributed by atoms with van der Waals surface area (Å²) in [7, 11) is 0. The molecule has 2 aromatic heterocycles. The standard InChI is InChI=1S/C46H53F2N9O3/c1-27-18-34-32(5-8-37-35(34)22-50-52-37)43(56(27)26-41(47)48)38-7-3-29(21-49-38)54-14-12-46(13-15-54)19-28(20-46)23-53-16-17-55-30(24-53)2-4-31-36-25-57(40-10-11-42(58)51-44(40)59)45(60)33(36)6-9-39(31)55/h3,5-9,21-22,27-28,30,40-41,43H,2,4,10-20,23-26H2,1H3,(H,50,52)(H,51,58,59)/t27-,30+,40?,43+/m1/s1. The van der Waals surface area contributed by atoms with Crippen LogP contribution in [-0.2, 0) is 29.0 Å². The minimum atomic E-state index is -2.43. The van der Waals surface area contributed by atoms with Crippen LogP contribution in [0.25, 0.3) is 10.9 Å². The molecule has 1 unspecified atom stereocenters. The average molecular weight is 818 g/mol. The van der Waals surface area contributed by atoms with Crippen LogP contribution < -0.4 is 15.1 Å². The number of halogens is 2. The number of hydrogen-bond donors (Lipinski definition) is 2. The molecule has 8 heterocycles. The number of aromatic amines is 1. The summed E-state index contributed by atoms with van der Waals surface area (Å²) in [5, 5.41) is 10.8. The van der Waals surface area contributed by atoms with Gasteiger partial charge < -0.3 is 14.7 Å². The van der Waals surface area contributed by atoms with Crippen LogP contribution >= 0.6 is 0 Å². The Morgan fingerprint density at radius 3 is 2.53 bits per heavy atom. The highest BCUT2D eigenvalue weighted by atomic mass is 19.3. The van der Waals surface area contributed by atoms with E-state index in [9.17, 15) is 23.2 Å². The summed E-state index contributed by atoms with van der Waals surface area (Å²) in [6.45, 7) is 8.44. The predicted molar refractivity (Wildman–Crippen MR) is 223 cm³/mol. The Kier molecular flexibility index (Phi) is 9.25. The molecule has 2 N–H and O–H groups in total. The van der Waals surface area contributed by atoms with Crippen molar-refractivity contribution in [2.75, 3.05) is 55.6 Å². The van der Waals surface area contributed by atoms with Gasteiger partial charge in [-0.25, -0.2) is 8.78 Å². The molecule has 314 valence electrons. The Morgan fingerprint density at radius 1 is 0.900 bits per heavy atom. The summed E-state index contributed by atoms with van der Waals surface area (Å²) >= 11 is 0. The smallest absolute Gasteiger partial charge is 0.255 e. The van der Waals surface area contributed by atoms with E-state index in [0.29, 0.717) is 36.4 Å². The number of rotatable bonds is 7. The molecule has 60 heavy (non-hydrogen) atoms. The minimum Gasteiger partial charge on any atom is -0.370 e. The van der Waals surface area contributed by atoms with Gasteiger partial charge in [0, 0.05) is 81.0 Å². The number of carbonyl (C=O) groups is 3. The number of carbonyl (C=O) groups excluding carboxylic acids is 3. The highest BCUT2D eigenvalue weighted by molar-refractivity contribution is 6.06. The van der Waals surface area contributed by atoms with Gasteiger partial charge in [0.15, 0.2) is 0 Å². The number of imide groups is 1. The normalized spacial score (nSPS) is 26.9. The highest BCUT2D eigenvalue weighted by Crippen LogP contribution is 2.53. The molecule has 2 aromatic carbocycles. The van der Waals surface area contributed by atoms with Gasteiger partial charge in [-0.15, -0.1) is 0 Å². The van der Waals surface area contributed by atoms with E-state index in [-0.39, 0.29) is 42.8 Å². The Balaban J connectivity index is 0.691. The summed E-state index contributed by atoms with van der Waals surface area (Å²) in [6, 6.07) is 11.8. The molecular formula is C46H53F2N9O3. The Bertz CT molecular complexity index is 2350. The van der Waals surface area contributed by atoms with Crippen LogP contribution in [0.15, 0.2) is 48.8 Å². The zero-order chi connectivity index (χ0) is 40.9. The second-order valence-corrected chi connectivity index (χ2v) is 18.8. The second kappa shape index (κ2) is 14.6. The molecule has 11 rings (SSSR count). The maximum Gasteiger partial charge on any atom is 0.255 e. The zero-order valence-electron chi connectivity index (χ0n) is 34.2. The molecule has 4 atom stereocenters. The molecular weight excluding hydrogens is 765 g/mol. The quantitative estimate of drug-likeness (QED) is 0.235. The number of pyridine rings is 1. The van der Waals surface area contributed by atoms with E-state index in [1.54, 1.807) is 4.90 Å². The van der Waals surface area contributed by atoms with E-state index < -0.39 is 12.5 Å². The number of fused-ring (bicyclic) bond motifs is 8. The first-order chi connectivity index (χ1) is 29.1. The maximum absolute atomic E-state index is 13.9. The number of amides is 3. The number of alkyl halides is 2. The Morgan fingerprint density at radius 2 is 1.75 bits per heavy atom. The molecule has 14 heteroatoms. The first kappa shape index (κ1) is 38.0. The summed E-state index contributed by atoms with van der Waals surface area (Å²) < 4.78 is 27.8. The summed E-state index contributed by atoms with van der Waals surface area (Å²) in [6.07, 6.45) is 9.65. The minimum absolute atomic E-state index is 0.0596. The average Bonchev–Trinajstić information content (AvgIpc) is 3.85. The molecule has 0 bridgehead atoms. The van der Waals surface area contributed by atoms with Gasteiger partial charge in [0.1, 0.15) is 6.04 Å². The molecule has 0 radical (unpaired) electrons. The number of piperidine rings is 2. The Labute approximate surface area is 348 Å². The SMILES string of the molecule is C[C@@H]1Cc2c(ccc3[nH]ncc23)[C@@H](c2ccc(N3CCC4(CC3)CC(CN3CCN5c6ccc7c(c6CC[C@H]5C3)CN(C3CCC(=O)NC3=O)C7=O)C4)cn2)N1CC(F)F. The molecule has 6 aliphatic heterocycles. The monoisotopic (exact) mass is 817 g/mol. The molecule has 4 aromatic rings. The van der Waals surface area contributed by atoms with Crippen molar-refractivity contribution >= 4 is 40.0 Å². The molecule has 4 fully saturated rings. The fourth-order valence-electron chi connectivity index (χ4n) is 12.4. The molecule has 1 aliphatic carbocycles. The number of hydrogen-bond acceptors (Lipinski definition) is 9. The van der Waals surface area contributed by atoms with E-state index in [1.165, 1.54) is 42.5 Å². The van der Waals surface area contributed by atoms with Gasteiger partial charge in [0.2, 0.25) is 11.8 Å². The molecule has 7 aliphatic rings. The van der Waals surface area contributed by atoms with Crippen LogP contribution in [0, 0.1) is 11.3 Å².